The Morgan fingerprint density at radius 3 is 2.24 bits per heavy atom. The van der Waals surface area contributed by atoms with Gasteiger partial charge in [-0.05, 0) is 50.9 Å². The molecule has 1 saturated carbocycles. The maximum atomic E-state index is 5.76. The van der Waals surface area contributed by atoms with Crippen molar-refractivity contribution in [3.05, 3.63) is 29.8 Å². The molecular formula is C15H24N2. The lowest BCUT2D eigenvalue weighted by Crippen LogP contribution is -2.37. The number of hydrogen-bond donors (Lipinski definition) is 1. The monoisotopic (exact) mass is 232 g/mol. The van der Waals surface area contributed by atoms with E-state index in [2.05, 4.69) is 37.8 Å². The van der Waals surface area contributed by atoms with Crippen LogP contribution in [0, 0.1) is 0 Å². The smallest absolute Gasteiger partial charge is 0.0314 e. The highest BCUT2D eigenvalue weighted by Gasteiger charge is 2.45. The first kappa shape index (κ1) is 12.4. The Labute approximate surface area is 105 Å². The van der Waals surface area contributed by atoms with Crippen LogP contribution >= 0.6 is 0 Å². The van der Waals surface area contributed by atoms with Gasteiger partial charge in [-0.25, -0.2) is 0 Å². The van der Waals surface area contributed by atoms with Crippen LogP contribution in [0.2, 0.25) is 0 Å². The molecule has 2 heteroatoms. The van der Waals surface area contributed by atoms with Crippen molar-refractivity contribution in [2.75, 3.05) is 18.8 Å². The second-order valence-corrected chi connectivity index (χ2v) is 5.56. The molecular weight excluding hydrogens is 208 g/mol. The fourth-order valence-electron chi connectivity index (χ4n) is 2.57. The number of rotatable bonds is 5. The van der Waals surface area contributed by atoms with Crippen molar-refractivity contribution in [2.24, 2.45) is 0 Å². The van der Waals surface area contributed by atoms with Crippen molar-refractivity contribution in [3.63, 3.8) is 0 Å². The molecule has 0 saturated heterocycles. The molecule has 0 amide bonds. The van der Waals surface area contributed by atoms with Crippen molar-refractivity contribution in [2.45, 2.75) is 45.1 Å². The van der Waals surface area contributed by atoms with E-state index in [1.165, 1.54) is 24.9 Å². The van der Waals surface area contributed by atoms with Crippen LogP contribution in [0.15, 0.2) is 24.3 Å². The van der Waals surface area contributed by atoms with Gasteiger partial charge in [-0.2, -0.15) is 0 Å². The molecule has 1 aromatic rings. The third-order valence-electron chi connectivity index (χ3n) is 4.02. The van der Waals surface area contributed by atoms with Gasteiger partial charge >= 0.3 is 0 Å². The van der Waals surface area contributed by atoms with Crippen molar-refractivity contribution in [3.8, 4) is 0 Å². The zero-order valence-corrected chi connectivity index (χ0v) is 11.2. The molecule has 1 aromatic carbocycles. The van der Waals surface area contributed by atoms with E-state index in [9.17, 15) is 0 Å². The van der Waals surface area contributed by atoms with E-state index in [0.29, 0.717) is 11.5 Å². The van der Waals surface area contributed by atoms with Crippen LogP contribution in [0.25, 0.3) is 0 Å². The first-order valence-electron chi connectivity index (χ1n) is 6.67. The summed E-state index contributed by atoms with van der Waals surface area (Å²) >= 11 is 0. The lowest BCUT2D eigenvalue weighted by atomic mass is 9.94. The molecule has 1 fully saturated rings. The predicted octanol–water partition coefficient (Wildman–Crippen LogP) is 3.03. The van der Waals surface area contributed by atoms with Gasteiger partial charge < -0.3 is 10.6 Å². The Kier molecular flexibility index (Phi) is 3.43. The lowest BCUT2D eigenvalue weighted by Gasteiger charge is -2.30. The number of likely N-dealkylation sites (N-methyl/N-ethyl adjacent to an activating group) is 1. The summed E-state index contributed by atoms with van der Waals surface area (Å²) in [5.74, 6) is 0. The topological polar surface area (TPSA) is 29.3 Å². The van der Waals surface area contributed by atoms with Crippen LogP contribution in [0.3, 0.4) is 0 Å². The van der Waals surface area contributed by atoms with Crippen LogP contribution in [0.4, 0.5) is 5.69 Å². The van der Waals surface area contributed by atoms with E-state index >= 15 is 0 Å². The maximum absolute atomic E-state index is 5.76. The van der Waals surface area contributed by atoms with E-state index in [0.717, 1.165) is 12.2 Å². The number of benzene rings is 1. The Morgan fingerprint density at radius 2 is 1.82 bits per heavy atom. The summed E-state index contributed by atoms with van der Waals surface area (Å²) in [5.41, 5.74) is 8.49. The van der Waals surface area contributed by atoms with Crippen LogP contribution in [-0.4, -0.2) is 24.0 Å². The summed E-state index contributed by atoms with van der Waals surface area (Å²) in [6.45, 7) is 9.13. The summed E-state index contributed by atoms with van der Waals surface area (Å²) in [6.07, 6.45) is 2.64. The molecule has 0 atom stereocenters. The Hall–Kier alpha value is -1.02. The first-order valence-corrected chi connectivity index (χ1v) is 6.67. The highest BCUT2D eigenvalue weighted by molar-refractivity contribution is 5.43. The summed E-state index contributed by atoms with van der Waals surface area (Å²) in [5, 5.41) is 0. The van der Waals surface area contributed by atoms with Gasteiger partial charge in [0.05, 0.1) is 0 Å². The van der Waals surface area contributed by atoms with Crippen LogP contribution in [0.5, 0.6) is 0 Å². The largest absolute Gasteiger partial charge is 0.399 e. The van der Waals surface area contributed by atoms with Gasteiger partial charge in [-0.1, -0.05) is 19.1 Å². The minimum Gasteiger partial charge on any atom is -0.399 e. The molecule has 0 radical (unpaired) electrons. The van der Waals surface area contributed by atoms with E-state index in [-0.39, 0.29) is 0 Å². The maximum Gasteiger partial charge on any atom is 0.0314 e. The molecule has 0 bridgehead atoms. The van der Waals surface area contributed by atoms with Gasteiger partial charge in [-0.3, -0.25) is 0 Å². The summed E-state index contributed by atoms with van der Waals surface area (Å²) in [4.78, 5) is 2.56. The molecule has 2 nitrogen and oxygen atoms in total. The fraction of sp³-hybridized carbons (Fsp3) is 0.600. The zero-order valence-electron chi connectivity index (χ0n) is 11.2. The Bertz CT molecular complexity index is 363. The second-order valence-electron chi connectivity index (χ2n) is 5.56. The first-order chi connectivity index (χ1) is 8.07. The van der Waals surface area contributed by atoms with Crippen LogP contribution < -0.4 is 5.73 Å². The molecule has 0 spiro atoms. The van der Waals surface area contributed by atoms with Crippen LogP contribution in [-0.2, 0) is 5.41 Å². The lowest BCUT2D eigenvalue weighted by molar-refractivity contribution is 0.212. The van der Waals surface area contributed by atoms with Gasteiger partial charge in [0.15, 0.2) is 0 Å². The van der Waals surface area contributed by atoms with E-state index < -0.39 is 0 Å². The average Bonchev–Trinajstić information content (AvgIpc) is 3.07. The molecule has 1 aliphatic carbocycles. The third kappa shape index (κ3) is 2.63. The Balaban J connectivity index is 2.11. The molecule has 0 unspecified atom stereocenters. The summed E-state index contributed by atoms with van der Waals surface area (Å²) in [7, 11) is 0. The SMILES string of the molecule is CCN(CC1(c2ccc(N)cc2)CC1)C(C)C. The number of hydrogen-bond acceptors (Lipinski definition) is 2. The Morgan fingerprint density at radius 1 is 1.24 bits per heavy atom. The summed E-state index contributed by atoms with van der Waals surface area (Å²) in [6, 6.07) is 9.10. The molecule has 17 heavy (non-hydrogen) atoms. The van der Waals surface area contributed by atoms with Crippen LogP contribution in [0.1, 0.15) is 39.2 Å². The third-order valence-corrected chi connectivity index (χ3v) is 4.02. The quantitative estimate of drug-likeness (QED) is 0.791. The predicted molar refractivity (Wildman–Crippen MR) is 74.1 cm³/mol. The van der Waals surface area contributed by atoms with Crippen molar-refractivity contribution in [1.82, 2.24) is 4.90 Å². The minimum absolute atomic E-state index is 0.411. The van der Waals surface area contributed by atoms with E-state index in [1.54, 1.807) is 0 Å². The second kappa shape index (κ2) is 4.69. The van der Waals surface area contributed by atoms with E-state index in [4.69, 9.17) is 5.73 Å². The van der Waals surface area contributed by atoms with Gasteiger partial charge in [0.25, 0.3) is 0 Å². The highest BCUT2D eigenvalue weighted by Crippen LogP contribution is 2.49. The van der Waals surface area contributed by atoms with Gasteiger partial charge in [0.1, 0.15) is 0 Å². The molecule has 0 aliphatic heterocycles. The standard InChI is InChI=1S/C15H24N2/c1-4-17(12(2)3)11-15(9-10-15)13-5-7-14(16)8-6-13/h5-8,12H,4,9-11,16H2,1-3H3. The molecule has 0 heterocycles. The van der Waals surface area contributed by atoms with Crippen molar-refractivity contribution in [1.29, 1.82) is 0 Å². The van der Waals surface area contributed by atoms with Gasteiger partial charge in [-0.15, -0.1) is 0 Å². The minimum atomic E-state index is 0.411. The van der Waals surface area contributed by atoms with Gasteiger partial charge in [0.2, 0.25) is 0 Å². The van der Waals surface area contributed by atoms with Crippen molar-refractivity contribution >= 4 is 5.69 Å². The highest BCUT2D eigenvalue weighted by atomic mass is 15.2. The van der Waals surface area contributed by atoms with Crippen molar-refractivity contribution < 1.29 is 0 Å². The normalized spacial score (nSPS) is 17.7. The number of nitrogens with zero attached hydrogens (tertiary/aromatic N) is 1. The van der Waals surface area contributed by atoms with E-state index in [1.807, 2.05) is 12.1 Å². The average molecular weight is 232 g/mol. The molecule has 94 valence electrons. The summed E-state index contributed by atoms with van der Waals surface area (Å²) < 4.78 is 0. The molecule has 1 aliphatic rings. The van der Waals surface area contributed by atoms with Gasteiger partial charge in [0, 0.05) is 23.7 Å². The fourth-order valence-corrected chi connectivity index (χ4v) is 2.57. The molecule has 2 rings (SSSR count). The number of nitrogens with two attached hydrogens (primary N) is 1. The molecule has 2 N–H and O–H groups in total. The molecule has 0 aromatic heterocycles. The number of anilines is 1. The number of nitrogen functional groups attached to an aromatic ring is 1. The zero-order chi connectivity index (χ0) is 12.5.